The Bertz CT molecular complexity index is 339. The predicted molar refractivity (Wildman–Crippen MR) is 53.4 cm³/mol. The van der Waals surface area contributed by atoms with Crippen LogP contribution in [0.25, 0.3) is 0 Å². The first-order chi connectivity index (χ1) is 7.59. The van der Waals surface area contributed by atoms with E-state index in [1.165, 1.54) is 0 Å². The molecule has 0 aliphatic rings. The topological polar surface area (TPSA) is 44.1 Å². The molecule has 90 valence electrons. The summed E-state index contributed by atoms with van der Waals surface area (Å²) in [6.45, 7) is -0.580. The van der Waals surface area contributed by atoms with E-state index in [1.807, 2.05) is 0 Å². The predicted octanol–water partition coefficient (Wildman–Crippen LogP) is 1.20. The van der Waals surface area contributed by atoms with Crippen LogP contribution < -0.4 is 0 Å². The SMILES string of the molecule is Cn1ccnc1CC(=O)CCOCC(F)F. The Morgan fingerprint density at radius 2 is 2.38 bits per heavy atom. The Balaban J connectivity index is 2.19. The van der Waals surface area contributed by atoms with Gasteiger partial charge in [0.15, 0.2) is 0 Å². The molecule has 1 aromatic rings. The van der Waals surface area contributed by atoms with Crippen LogP contribution in [0.15, 0.2) is 12.4 Å². The molecule has 0 bridgehead atoms. The standard InChI is InChI=1S/C10H14F2N2O2/c1-14-4-3-13-10(14)6-8(15)2-5-16-7-9(11)12/h3-4,9H,2,5-7H2,1H3. The van der Waals surface area contributed by atoms with Gasteiger partial charge in [-0.3, -0.25) is 4.79 Å². The number of aryl methyl sites for hydroxylation is 1. The number of ether oxygens (including phenoxy) is 1. The van der Waals surface area contributed by atoms with Gasteiger partial charge in [-0.05, 0) is 0 Å². The molecular weight excluding hydrogens is 218 g/mol. The Kier molecular flexibility index (Phi) is 5.04. The number of Topliss-reactive ketones (excluding diaryl/α,β-unsaturated/α-hetero) is 1. The molecule has 0 aliphatic heterocycles. The molecule has 0 saturated heterocycles. The number of alkyl halides is 2. The molecule has 1 rings (SSSR count). The van der Waals surface area contributed by atoms with E-state index in [0.29, 0.717) is 5.82 Å². The number of ketones is 1. The van der Waals surface area contributed by atoms with Crippen molar-refractivity contribution >= 4 is 5.78 Å². The van der Waals surface area contributed by atoms with Crippen LogP contribution in [-0.4, -0.2) is 35.0 Å². The van der Waals surface area contributed by atoms with Crippen LogP contribution in [0.2, 0.25) is 0 Å². The van der Waals surface area contributed by atoms with E-state index in [1.54, 1.807) is 24.0 Å². The summed E-state index contributed by atoms with van der Waals surface area (Å²) < 4.78 is 29.8. The van der Waals surface area contributed by atoms with Gasteiger partial charge in [-0.25, -0.2) is 13.8 Å². The van der Waals surface area contributed by atoms with E-state index in [0.717, 1.165) is 0 Å². The number of carbonyl (C=O) groups excluding carboxylic acids is 1. The van der Waals surface area contributed by atoms with Crippen molar-refractivity contribution in [2.24, 2.45) is 7.05 Å². The number of hydrogen-bond acceptors (Lipinski definition) is 3. The van der Waals surface area contributed by atoms with Gasteiger partial charge in [-0.1, -0.05) is 0 Å². The molecule has 0 amide bonds. The maximum atomic E-state index is 11.7. The van der Waals surface area contributed by atoms with Crippen LogP contribution >= 0.6 is 0 Å². The lowest BCUT2D eigenvalue weighted by atomic mass is 10.2. The Morgan fingerprint density at radius 1 is 1.62 bits per heavy atom. The van der Waals surface area contributed by atoms with Gasteiger partial charge in [0.2, 0.25) is 0 Å². The van der Waals surface area contributed by atoms with E-state index < -0.39 is 13.0 Å². The number of rotatable bonds is 7. The number of hydrogen-bond donors (Lipinski definition) is 0. The summed E-state index contributed by atoms with van der Waals surface area (Å²) in [7, 11) is 1.79. The summed E-state index contributed by atoms with van der Waals surface area (Å²) in [6.07, 6.45) is 1.22. The summed E-state index contributed by atoms with van der Waals surface area (Å²) in [5.41, 5.74) is 0. The van der Waals surface area contributed by atoms with Crippen molar-refractivity contribution in [2.45, 2.75) is 19.3 Å². The molecule has 0 N–H and O–H groups in total. The van der Waals surface area contributed by atoms with Gasteiger partial charge in [0.1, 0.15) is 18.2 Å². The highest BCUT2D eigenvalue weighted by Gasteiger charge is 2.08. The molecule has 1 aromatic heterocycles. The molecule has 4 nitrogen and oxygen atoms in total. The Morgan fingerprint density at radius 3 is 2.94 bits per heavy atom. The van der Waals surface area contributed by atoms with Crippen molar-refractivity contribution < 1.29 is 18.3 Å². The van der Waals surface area contributed by atoms with Crippen LogP contribution in [0.5, 0.6) is 0 Å². The van der Waals surface area contributed by atoms with Crippen molar-refractivity contribution in [2.75, 3.05) is 13.2 Å². The molecule has 0 radical (unpaired) electrons. The average molecular weight is 232 g/mol. The lowest BCUT2D eigenvalue weighted by Gasteiger charge is -2.03. The fourth-order valence-corrected chi connectivity index (χ4v) is 1.19. The van der Waals surface area contributed by atoms with Gasteiger partial charge >= 0.3 is 0 Å². The third-order valence-electron chi connectivity index (χ3n) is 2.05. The van der Waals surface area contributed by atoms with E-state index >= 15 is 0 Å². The van der Waals surface area contributed by atoms with E-state index in [4.69, 9.17) is 0 Å². The summed E-state index contributed by atoms with van der Waals surface area (Å²) in [5.74, 6) is 0.599. The first-order valence-corrected chi connectivity index (χ1v) is 4.93. The minimum atomic E-state index is -2.48. The van der Waals surface area contributed by atoms with Gasteiger partial charge in [0.25, 0.3) is 6.43 Å². The number of imidazole rings is 1. The highest BCUT2D eigenvalue weighted by Crippen LogP contribution is 2.00. The molecule has 0 aliphatic carbocycles. The van der Waals surface area contributed by atoms with E-state index in [9.17, 15) is 13.6 Å². The second-order valence-electron chi connectivity index (χ2n) is 3.39. The van der Waals surface area contributed by atoms with E-state index in [2.05, 4.69) is 9.72 Å². The zero-order chi connectivity index (χ0) is 12.0. The molecule has 0 atom stereocenters. The monoisotopic (exact) mass is 232 g/mol. The summed E-state index contributed by atoms with van der Waals surface area (Å²) in [6, 6.07) is 0. The highest BCUT2D eigenvalue weighted by molar-refractivity contribution is 5.80. The fourth-order valence-electron chi connectivity index (χ4n) is 1.19. The van der Waals surface area contributed by atoms with Crippen LogP contribution in [-0.2, 0) is 23.0 Å². The van der Waals surface area contributed by atoms with E-state index in [-0.39, 0.29) is 25.2 Å². The maximum absolute atomic E-state index is 11.7. The third-order valence-corrected chi connectivity index (χ3v) is 2.05. The second kappa shape index (κ2) is 6.32. The largest absolute Gasteiger partial charge is 0.375 e. The zero-order valence-corrected chi connectivity index (χ0v) is 9.03. The summed E-state index contributed by atoms with van der Waals surface area (Å²) in [5, 5.41) is 0. The van der Waals surface area contributed by atoms with Crippen LogP contribution in [0.3, 0.4) is 0 Å². The minimum absolute atomic E-state index is 0.0353. The number of nitrogens with zero attached hydrogens (tertiary/aromatic N) is 2. The molecule has 0 saturated carbocycles. The first-order valence-electron chi connectivity index (χ1n) is 4.93. The number of halogens is 2. The molecule has 0 aromatic carbocycles. The molecule has 1 heterocycles. The zero-order valence-electron chi connectivity index (χ0n) is 9.03. The smallest absolute Gasteiger partial charge is 0.261 e. The molecule has 0 unspecified atom stereocenters. The Labute approximate surface area is 92.2 Å². The van der Waals surface area contributed by atoms with Gasteiger partial charge in [0.05, 0.1) is 13.0 Å². The first kappa shape index (κ1) is 12.8. The second-order valence-corrected chi connectivity index (χ2v) is 3.39. The lowest BCUT2D eigenvalue weighted by Crippen LogP contribution is -2.12. The van der Waals surface area contributed by atoms with Crippen molar-refractivity contribution in [1.29, 1.82) is 0 Å². The Hall–Kier alpha value is -1.30. The van der Waals surface area contributed by atoms with Gasteiger partial charge in [0, 0.05) is 25.9 Å². The molecule has 0 spiro atoms. The van der Waals surface area contributed by atoms with Crippen LogP contribution in [0.1, 0.15) is 12.2 Å². The van der Waals surface area contributed by atoms with Crippen molar-refractivity contribution in [3.05, 3.63) is 18.2 Å². The maximum Gasteiger partial charge on any atom is 0.261 e. The van der Waals surface area contributed by atoms with Crippen molar-refractivity contribution in [1.82, 2.24) is 9.55 Å². The lowest BCUT2D eigenvalue weighted by molar-refractivity contribution is -0.120. The molecular formula is C10H14F2N2O2. The summed E-state index contributed by atoms with van der Waals surface area (Å²) >= 11 is 0. The van der Waals surface area contributed by atoms with Crippen molar-refractivity contribution in [3.8, 4) is 0 Å². The van der Waals surface area contributed by atoms with Crippen LogP contribution in [0, 0.1) is 0 Å². The van der Waals surface area contributed by atoms with Gasteiger partial charge in [-0.15, -0.1) is 0 Å². The molecule has 0 fully saturated rings. The average Bonchev–Trinajstić information content (AvgIpc) is 2.59. The third kappa shape index (κ3) is 4.48. The molecule has 6 heteroatoms. The van der Waals surface area contributed by atoms with Crippen LogP contribution in [0.4, 0.5) is 8.78 Å². The number of carbonyl (C=O) groups is 1. The summed E-state index contributed by atoms with van der Waals surface area (Å²) in [4.78, 5) is 15.4. The minimum Gasteiger partial charge on any atom is -0.375 e. The van der Waals surface area contributed by atoms with Crippen molar-refractivity contribution in [3.63, 3.8) is 0 Å². The normalized spacial score (nSPS) is 11.0. The quantitative estimate of drug-likeness (QED) is 0.663. The number of aromatic nitrogens is 2. The highest BCUT2D eigenvalue weighted by atomic mass is 19.3. The fraction of sp³-hybridized carbons (Fsp3) is 0.600. The molecule has 16 heavy (non-hydrogen) atoms. The van der Waals surface area contributed by atoms with Gasteiger partial charge < -0.3 is 9.30 Å². The van der Waals surface area contributed by atoms with Gasteiger partial charge in [-0.2, -0.15) is 0 Å².